The van der Waals surface area contributed by atoms with Gasteiger partial charge < -0.3 is 5.11 Å². The number of sulfonamides is 1. The molecular weight excluding hydrogens is 312 g/mol. The number of thiophene rings is 1. The minimum atomic E-state index is -3.96. The maximum absolute atomic E-state index is 12.2. The normalized spacial score (nSPS) is 10.8. The van der Waals surface area contributed by atoms with Crippen LogP contribution in [0.25, 0.3) is 0 Å². The van der Waals surface area contributed by atoms with E-state index in [9.17, 15) is 13.2 Å². The molecule has 0 atom stereocenters. The molecule has 0 fully saturated rings. The van der Waals surface area contributed by atoms with Crippen molar-refractivity contribution in [3.63, 3.8) is 0 Å². The summed E-state index contributed by atoms with van der Waals surface area (Å²) in [5.41, 5.74) is 1.07. The summed E-state index contributed by atoms with van der Waals surface area (Å²) in [7, 11) is -3.96. The summed E-state index contributed by atoms with van der Waals surface area (Å²) in [5.74, 6) is -1.28. The van der Waals surface area contributed by atoms with Gasteiger partial charge in [0.2, 0.25) is 0 Å². The maximum Gasteiger partial charge on any atom is 0.347 e. The quantitative estimate of drug-likeness (QED) is 0.878. The van der Waals surface area contributed by atoms with E-state index in [1.165, 1.54) is 23.6 Å². The summed E-state index contributed by atoms with van der Waals surface area (Å²) in [6.07, 6.45) is 0.237. The molecule has 21 heavy (non-hydrogen) atoms. The second kappa shape index (κ2) is 5.95. The van der Waals surface area contributed by atoms with Gasteiger partial charge in [-0.1, -0.05) is 12.1 Å². The molecule has 0 radical (unpaired) electrons. The molecule has 2 rings (SSSR count). The zero-order chi connectivity index (χ0) is 15.5. The number of anilines is 1. The van der Waals surface area contributed by atoms with E-state index in [0.717, 1.165) is 16.9 Å². The monoisotopic (exact) mass is 322 g/mol. The number of hydrogen-bond donors (Lipinski definition) is 2. The summed E-state index contributed by atoms with van der Waals surface area (Å²) in [5, 5.41) is 18.9. The first-order chi connectivity index (χ1) is 9.94. The van der Waals surface area contributed by atoms with Gasteiger partial charge in [-0.05, 0) is 29.1 Å². The number of carbonyl (C=O) groups is 1. The molecule has 1 heterocycles. The topological polar surface area (TPSA) is 107 Å². The lowest BCUT2D eigenvalue weighted by atomic mass is 10.1. The van der Waals surface area contributed by atoms with Crippen LogP contribution in [0.15, 0.2) is 40.6 Å². The fourth-order valence-corrected chi connectivity index (χ4v) is 3.98. The molecule has 6 nitrogen and oxygen atoms in total. The lowest BCUT2D eigenvalue weighted by Gasteiger charge is -2.08. The van der Waals surface area contributed by atoms with Crippen LogP contribution in [-0.4, -0.2) is 19.5 Å². The van der Waals surface area contributed by atoms with Gasteiger partial charge in [-0.2, -0.15) is 5.26 Å². The van der Waals surface area contributed by atoms with Crippen LogP contribution in [0.3, 0.4) is 0 Å². The van der Waals surface area contributed by atoms with E-state index in [1.54, 1.807) is 12.1 Å². The van der Waals surface area contributed by atoms with Crippen LogP contribution in [0, 0.1) is 11.3 Å². The molecule has 0 bridgehead atoms. The first-order valence-electron chi connectivity index (χ1n) is 5.73. The molecule has 2 N–H and O–H groups in total. The number of carboxylic acids is 1. The Morgan fingerprint density at radius 1 is 1.29 bits per heavy atom. The highest BCUT2D eigenvalue weighted by atomic mass is 32.2. The van der Waals surface area contributed by atoms with Gasteiger partial charge >= 0.3 is 5.97 Å². The van der Waals surface area contributed by atoms with Crippen molar-refractivity contribution in [2.45, 2.75) is 11.3 Å². The van der Waals surface area contributed by atoms with Gasteiger partial charge in [0.15, 0.2) is 0 Å². The first kappa shape index (κ1) is 15.0. The molecule has 0 spiro atoms. The molecule has 0 unspecified atom stereocenters. The van der Waals surface area contributed by atoms with Crippen molar-refractivity contribution in [2.75, 3.05) is 4.72 Å². The standard InChI is InChI=1S/C13H10N2O4S2/c14-7-5-9-1-3-10(4-2-9)15-21(18,19)11-6-8-20-12(11)13(16)17/h1-4,6,8,15H,5H2,(H,16,17). The average molecular weight is 322 g/mol. The lowest BCUT2D eigenvalue weighted by molar-refractivity contribution is 0.0698. The second-order valence-electron chi connectivity index (χ2n) is 4.06. The fourth-order valence-electron chi connectivity index (χ4n) is 1.66. The van der Waals surface area contributed by atoms with Gasteiger partial charge in [-0.25, -0.2) is 13.2 Å². The number of rotatable bonds is 5. The van der Waals surface area contributed by atoms with Crippen molar-refractivity contribution in [1.82, 2.24) is 0 Å². The Morgan fingerprint density at radius 2 is 1.95 bits per heavy atom. The Hall–Kier alpha value is -2.37. The number of nitrogens with zero attached hydrogens (tertiary/aromatic N) is 1. The molecule has 2 aromatic rings. The summed E-state index contributed by atoms with van der Waals surface area (Å²) in [6, 6.07) is 9.56. The number of nitrogens with one attached hydrogen (secondary N) is 1. The van der Waals surface area contributed by atoms with Crippen LogP contribution in [0.4, 0.5) is 5.69 Å². The van der Waals surface area contributed by atoms with Crippen LogP contribution in [0.1, 0.15) is 15.2 Å². The highest BCUT2D eigenvalue weighted by Gasteiger charge is 2.23. The maximum atomic E-state index is 12.2. The van der Waals surface area contributed by atoms with Gasteiger partial charge in [-0.15, -0.1) is 11.3 Å². The SMILES string of the molecule is N#CCc1ccc(NS(=O)(=O)c2ccsc2C(=O)O)cc1. The fraction of sp³-hybridized carbons (Fsp3) is 0.0769. The third kappa shape index (κ3) is 3.39. The minimum absolute atomic E-state index is 0.233. The van der Waals surface area contributed by atoms with Crippen molar-refractivity contribution < 1.29 is 18.3 Å². The van der Waals surface area contributed by atoms with E-state index in [4.69, 9.17) is 10.4 Å². The molecular formula is C13H10N2O4S2. The molecule has 0 aliphatic rings. The van der Waals surface area contributed by atoms with Gasteiger partial charge in [-0.3, -0.25) is 4.72 Å². The van der Waals surface area contributed by atoms with E-state index >= 15 is 0 Å². The Kier molecular flexibility index (Phi) is 4.26. The van der Waals surface area contributed by atoms with E-state index in [1.807, 2.05) is 6.07 Å². The average Bonchev–Trinajstić information content (AvgIpc) is 2.91. The molecule has 1 aromatic carbocycles. The van der Waals surface area contributed by atoms with E-state index in [-0.39, 0.29) is 16.2 Å². The predicted octanol–water partition coefficient (Wildman–Crippen LogP) is 2.31. The Labute approximate surface area is 125 Å². The molecule has 0 amide bonds. The predicted molar refractivity (Wildman–Crippen MR) is 77.8 cm³/mol. The van der Waals surface area contributed by atoms with E-state index in [2.05, 4.69) is 4.72 Å². The number of carboxylic acid groups (broad SMARTS) is 1. The minimum Gasteiger partial charge on any atom is -0.477 e. The van der Waals surface area contributed by atoms with E-state index < -0.39 is 16.0 Å². The van der Waals surface area contributed by atoms with Crippen molar-refractivity contribution in [1.29, 1.82) is 5.26 Å². The van der Waals surface area contributed by atoms with Crippen molar-refractivity contribution >= 4 is 33.0 Å². The van der Waals surface area contributed by atoms with Crippen molar-refractivity contribution in [3.05, 3.63) is 46.2 Å². The van der Waals surface area contributed by atoms with Crippen LogP contribution in [0.2, 0.25) is 0 Å². The van der Waals surface area contributed by atoms with Crippen LogP contribution in [0.5, 0.6) is 0 Å². The third-order valence-electron chi connectivity index (χ3n) is 2.60. The zero-order valence-electron chi connectivity index (χ0n) is 10.6. The molecule has 8 heteroatoms. The van der Waals surface area contributed by atoms with E-state index in [0.29, 0.717) is 5.69 Å². The Bertz CT molecular complexity index is 801. The van der Waals surface area contributed by atoms with Crippen LogP contribution >= 0.6 is 11.3 Å². The molecule has 0 aliphatic heterocycles. The zero-order valence-corrected chi connectivity index (χ0v) is 12.2. The van der Waals surface area contributed by atoms with Crippen LogP contribution < -0.4 is 4.72 Å². The van der Waals surface area contributed by atoms with Gasteiger partial charge in [0.1, 0.15) is 9.77 Å². The second-order valence-corrected chi connectivity index (χ2v) is 6.62. The highest BCUT2D eigenvalue weighted by molar-refractivity contribution is 7.93. The molecule has 0 aliphatic carbocycles. The first-order valence-corrected chi connectivity index (χ1v) is 8.10. The number of nitriles is 1. The summed E-state index contributed by atoms with van der Waals surface area (Å²) >= 11 is 0.849. The van der Waals surface area contributed by atoms with Crippen molar-refractivity contribution in [2.24, 2.45) is 0 Å². The molecule has 0 saturated heterocycles. The summed E-state index contributed by atoms with van der Waals surface area (Å²) in [6.45, 7) is 0. The number of aromatic carboxylic acids is 1. The summed E-state index contributed by atoms with van der Waals surface area (Å²) < 4.78 is 26.7. The van der Waals surface area contributed by atoms with Gasteiger partial charge in [0.05, 0.1) is 12.5 Å². The van der Waals surface area contributed by atoms with Crippen LogP contribution in [-0.2, 0) is 16.4 Å². The third-order valence-corrected chi connectivity index (χ3v) is 5.06. The van der Waals surface area contributed by atoms with Crippen molar-refractivity contribution in [3.8, 4) is 6.07 Å². The van der Waals surface area contributed by atoms with Gasteiger partial charge in [0.25, 0.3) is 10.0 Å². The largest absolute Gasteiger partial charge is 0.477 e. The smallest absolute Gasteiger partial charge is 0.347 e. The molecule has 1 aromatic heterocycles. The van der Waals surface area contributed by atoms with Gasteiger partial charge in [0, 0.05) is 5.69 Å². The number of benzene rings is 1. The summed E-state index contributed by atoms with van der Waals surface area (Å²) in [4.78, 5) is 10.5. The Balaban J connectivity index is 2.27. The molecule has 108 valence electrons. The molecule has 0 saturated carbocycles. The highest BCUT2D eigenvalue weighted by Crippen LogP contribution is 2.24. The lowest BCUT2D eigenvalue weighted by Crippen LogP contribution is -2.15. The Morgan fingerprint density at radius 3 is 2.52 bits per heavy atom. The number of hydrogen-bond acceptors (Lipinski definition) is 5.